The molecule has 1 amide bonds. The normalized spacial score (nSPS) is 13.2. The molecule has 1 aromatic rings. The monoisotopic (exact) mass is 475 g/mol. The molecule has 0 spiro atoms. The van der Waals surface area contributed by atoms with E-state index >= 15 is 0 Å². The van der Waals surface area contributed by atoms with Gasteiger partial charge in [-0.05, 0) is 32.4 Å². The second-order valence-electron chi connectivity index (χ2n) is 7.00. The summed E-state index contributed by atoms with van der Waals surface area (Å²) in [4.78, 5) is 23.9. The standard InChI is InChI=1S/C17H21F4NO8S/c1-16(2,3)29-15(24)22-11(14(23)28-5)6-9-7-12(27-4)13(8-10(9)18)30-31(25,26)17(19,20)21/h7-8,11H,6H2,1-5H3,(H,22,24). The average Bonchev–Trinajstić information content (AvgIpc) is 2.59. The summed E-state index contributed by atoms with van der Waals surface area (Å²) in [7, 11) is -4.09. The summed E-state index contributed by atoms with van der Waals surface area (Å²) in [6.07, 6.45) is -1.54. The summed E-state index contributed by atoms with van der Waals surface area (Å²) in [5.41, 5.74) is -6.97. The van der Waals surface area contributed by atoms with Crippen LogP contribution in [0.5, 0.6) is 11.5 Å². The molecule has 0 aliphatic carbocycles. The molecule has 1 aromatic carbocycles. The van der Waals surface area contributed by atoms with E-state index in [1.807, 2.05) is 0 Å². The van der Waals surface area contributed by atoms with E-state index in [4.69, 9.17) is 9.47 Å². The molecule has 0 saturated carbocycles. The first-order valence-electron chi connectivity index (χ1n) is 8.45. The van der Waals surface area contributed by atoms with Gasteiger partial charge in [-0.25, -0.2) is 14.0 Å². The van der Waals surface area contributed by atoms with Gasteiger partial charge in [-0.2, -0.15) is 21.6 Å². The van der Waals surface area contributed by atoms with Gasteiger partial charge in [0.2, 0.25) is 0 Å². The van der Waals surface area contributed by atoms with Crippen LogP contribution in [0.3, 0.4) is 0 Å². The Morgan fingerprint density at radius 2 is 1.68 bits per heavy atom. The van der Waals surface area contributed by atoms with Crippen LogP contribution in [0.4, 0.5) is 22.4 Å². The summed E-state index contributed by atoms with van der Waals surface area (Å²) in [6.45, 7) is 4.70. The second-order valence-corrected chi connectivity index (χ2v) is 8.54. The molecule has 9 nitrogen and oxygen atoms in total. The number of rotatable bonds is 7. The molecule has 0 heterocycles. The van der Waals surface area contributed by atoms with Crippen molar-refractivity contribution in [2.75, 3.05) is 14.2 Å². The summed E-state index contributed by atoms with van der Waals surface area (Å²) < 4.78 is 92.6. The van der Waals surface area contributed by atoms with Crippen molar-refractivity contribution >= 4 is 22.2 Å². The predicted molar refractivity (Wildman–Crippen MR) is 97.4 cm³/mol. The van der Waals surface area contributed by atoms with Gasteiger partial charge in [-0.1, -0.05) is 0 Å². The van der Waals surface area contributed by atoms with Crippen LogP contribution in [0.15, 0.2) is 12.1 Å². The van der Waals surface area contributed by atoms with E-state index in [1.54, 1.807) is 20.8 Å². The smallest absolute Gasteiger partial charge is 0.493 e. The fourth-order valence-electron chi connectivity index (χ4n) is 2.13. The lowest BCUT2D eigenvalue weighted by Crippen LogP contribution is -2.45. The third kappa shape index (κ3) is 7.45. The highest BCUT2D eigenvalue weighted by Crippen LogP contribution is 2.35. The first-order valence-corrected chi connectivity index (χ1v) is 9.86. The maximum atomic E-state index is 14.5. The Kier molecular flexibility index (Phi) is 8.11. The molecule has 0 radical (unpaired) electrons. The molecule has 1 N–H and O–H groups in total. The number of esters is 1. The maximum Gasteiger partial charge on any atom is 0.534 e. The Morgan fingerprint density at radius 3 is 2.13 bits per heavy atom. The lowest BCUT2D eigenvalue weighted by molar-refractivity contribution is -0.143. The van der Waals surface area contributed by atoms with Crippen molar-refractivity contribution in [2.24, 2.45) is 0 Å². The lowest BCUT2D eigenvalue weighted by atomic mass is 10.0. The molecule has 0 bridgehead atoms. The van der Waals surface area contributed by atoms with Gasteiger partial charge < -0.3 is 23.7 Å². The highest BCUT2D eigenvalue weighted by molar-refractivity contribution is 7.88. The minimum absolute atomic E-state index is 0.319. The van der Waals surface area contributed by atoms with Gasteiger partial charge in [-0.15, -0.1) is 0 Å². The number of nitrogens with one attached hydrogen (secondary N) is 1. The average molecular weight is 475 g/mol. The van der Waals surface area contributed by atoms with Crippen LogP contribution in [0, 0.1) is 5.82 Å². The molecular formula is C17H21F4NO8S. The van der Waals surface area contributed by atoms with Crippen molar-refractivity contribution in [3.63, 3.8) is 0 Å². The Morgan fingerprint density at radius 1 is 1.10 bits per heavy atom. The van der Waals surface area contributed by atoms with Crippen molar-refractivity contribution in [1.82, 2.24) is 5.32 Å². The van der Waals surface area contributed by atoms with E-state index < -0.39 is 63.1 Å². The summed E-state index contributed by atoms with van der Waals surface area (Å²) >= 11 is 0. The SMILES string of the molecule is COC(=O)C(Cc1cc(OC)c(OS(=O)(=O)C(F)(F)F)cc1F)NC(=O)OC(C)(C)C. The van der Waals surface area contributed by atoms with Crippen molar-refractivity contribution in [3.05, 3.63) is 23.5 Å². The van der Waals surface area contributed by atoms with E-state index in [1.165, 1.54) is 0 Å². The lowest BCUT2D eigenvalue weighted by Gasteiger charge is -2.23. The number of ether oxygens (including phenoxy) is 3. The molecule has 0 aliphatic heterocycles. The van der Waals surface area contributed by atoms with Gasteiger partial charge >= 0.3 is 27.7 Å². The third-order valence-electron chi connectivity index (χ3n) is 3.42. The molecule has 176 valence electrons. The highest BCUT2D eigenvalue weighted by Gasteiger charge is 2.49. The number of carbonyl (C=O) groups is 2. The number of alkyl carbamates (subject to hydrolysis) is 1. The number of methoxy groups -OCH3 is 2. The fourth-order valence-corrected chi connectivity index (χ4v) is 2.59. The van der Waals surface area contributed by atoms with Gasteiger partial charge in [0.05, 0.1) is 14.2 Å². The largest absolute Gasteiger partial charge is 0.534 e. The van der Waals surface area contributed by atoms with Gasteiger partial charge in [0.1, 0.15) is 17.5 Å². The summed E-state index contributed by atoms with van der Waals surface area (Å²) in [6, 6.07) is -0.271. The quantitative estimate of drug-likeness (QED) is 0.277. The number of benzene rings is 1. The van der Waals surface area contributed by atoms with E-state index in [9.17, 15) is 35.6 Å². The van der Waals surface area contributed by atoms with E-state index in [2.05, 4.69) is 14.2 Å². The van der Waals surface area contributed by atoms with Crippen LogP contribution in [0.25, 0.3) is 0 Å². The van der Waals surface area contributed by atoms with E-state index in [0.29, 0.717) is 6.07 Å². The van der Waals surface area contributed by atoms with Crippen LogP contribution in [0.1, 0.15) is 26.3 Å². The van der Waals surface area contributed by atoms with Crippen molar-refractivity contribution < 1.29 is 54.0 Å². The minimum atomic E-state index is -6.08. The summed E-state index contributed by atoms with van der Waals surface area (Å²) in [5.74, 6) is -3.82. The highest BCUT2D eigenvalue weighted by atomic mass is 32.2. The van der Waals surface area contributed by atoms with Crippen molar-refractivity contribution in [3.8, 4) is 11.5 Å². The second kappa shape index (κ2) is 9.58. The van der Waals surface area contributed by atoms with Crippen LogP contribution in [-0.4, -0.2) is 51.9 Å². The molecule has 1 rings (SSSR count). The number of hydrogen-bond acceptors (Lipinski definition) is 8. The molecule has 31 heavy (non-hydrogen) atoms. The van der Waals surface area contributed by atoms with Gasteiger partial charge in [-0.3, -0.25) is 0 Å². The fraction of sp³-hybridized carbons (Fsp3) is 0.529. The number of amides is 1. The Balaban J connectivity index is 3.22. The number of hydrogen-bond donors (Lipinski definition) is 1. The Hall–Kier alpha value is -2.77. The summed E-state index contributed by atoms with van der Waals surface area (Å²) in [5, 5.41) is 2.19. The van der Waals surface area contributed by atoms with Crippen molar-refractivity contribution in [2.45, 2.75) is 44.3 Å². The Bertz CT molecular complexity index is 925. The predicted octanol–water partition coefficient (Wildman–Crippen LogP) is 2.67. The first kappa shape index (κ1) is 26.3. The molecule has 0 fully saturated rings. The van der Waals surface area contributed by atoms with Gasteiger partial charge in [0.25, 0.3) is 0 Å². The van der Waals surface area contributed by atoms with Crippen LogP contribution in [0.2, 0.25) is 0 Å². The Labute approximate surface area is 175 Å². The zero-order valence-electron chi connectivity index (χ0n) is 17.1. The third-order valence-corrected chi connectivity index (χ3v) is 4.38. The van der Waals surface area contributed by atoms with E-state index in [0.717, 1.165) is 20.3 Å². The molecule has 0 aliphatic rings. The number of carbonyl (C=O) groups excluding carboxylic acids is 2. The zero-order chi connectivity index (χ0) is 24.2. The topological polar surface area (TPSA) is 117 Å². The zero-order valence-corrected chi connectivity index (χ0v) is 17.9. The minimum Gasteiger partial charge on any atom is -0.493 e. The number of alkyl halides is 3. The molecule has 1 atom stereocenters. The molecule has 0 aromatic heterocycles. The van der Waals surface area contributed by atoms with Crippen molar-refractivity contribution in [1.29, 1.82) is 0 Å². The van der Waals surface area contributed by atoms with Crippen LogP contribution < -0.4 is 14.2 Å². The molecule has 14 heteroatoms. The molecular weight excluding hydrogens is 454 g/mol. The first-order chi connectivity index (χ1) is 14.0. The van der Waals surface area contributed by atoms with E-state index in [-0.39, 0.29) is 5.56 Å². The maximum absolute atomic E-state index is 14.5. The molecule has 1 unspecified atom stereocenters. The van der Waals surface area contributed by atoms with Crippen LogP contribution in [-0.2, 0) is 30.8 Å². The van der Waals surface area contributed by atoms with Gasteiger partial charge in [0.15, 0.2) is 11.5 Å². The van der Waals surface area contributed by atoms with Crippen LogP contribution >= 0.6 is 0 Å². The molecule has 0 saturated heterocycles. The number of halogens is 4. The van der Waals surface area contributed by atoms with Gasteiger partial charge in [0, 0.05) is 12.5 Å².